The van der Waals surface area contributed by atoms with E-state index < -0.39 is 11.8 Å². The molecule has 0 aliphatic rings. The van der Waals surface area contributed by atoms with Gasteiger partial charge in [-0.1, -0.05) is 30.3 Å². The van der Waals surface area contributed by atoms with E-state index in [4.69, 9.17) is 12.6 Å². The molecule has 24 heavy (non-hydrogen) atoms. The molecule has 2 rings (SSSR count). The number of benzene rings is 2. The fourth-order valence-corrected chi connectivity index (χ4v) is 1.75. The van der Waals surface area contributed by atoms with Crippen LogP contribution in [0.4, 0.5) is 0 Å². The molecule has 0 unspecified atom stereocenters. The van der Waals surface area contributed by atoms with Crippen LogP contribution in [0.2, 0.25) is 0 Å². The predicted octanol–water partition coefficient (Wildman–Crippen LogP) is 2.06. The fraction of sp³-hybridized carbons (Fsp3) is 0. The molecule has 0 aliphatic carbocycles. The molecule has 6 nitrogen and oxygen atoms in total. The first kappa shape index (κ1) is 19.9. The number of amides is 2. The molecule has 0 bridgehead atoms. The molecule has 2 aromatic rings. The molecule has 0 atom stereocenters. The Morgan fingerprint density at radius 2 is 1.58 bits per heavy atom. The van der Waals surface area contributed by atoms with Gasteiger partial charge in [0.2, 0.25) is 0 Å². The first-order chi connectivity index (χ1) is 11.6. The zero-order valence-corrected chi connectivity index (χ0v) is 14.6. The van der Waals surface area contributed by atoms with Gasteiger partial charge in [0, 0.05) is 10.7 Å². The summed E-state index contributed by atoms with van der Waals surface area (Å²) in [5.41, 5.74) is 2.65. The molecule has 0 spiro atoms. The number of carbonyl (C=O) groups is 2. The monoisotopic (exact) mass is 408 g/mol. The fourth-order valence-electron chi connectivity index (χ4n) is 1.61. The minimum atomic E-state index is -0.630. The van der Waals surface area contributed by atoms with E-state index in [9.17, 15) is 14.7 Å². The van der Waals surface area contributed by atoms with Crippen molar-refractivity contribution in [2.45, 2.75) is 0 Å². The van der Waals surface area contributed by atoms with E-state index in [1.807, 2.05) is 0 Å². The Morgan fingerprint density at radius 3 is 2.21 bits per heavy atom. The standard InChI is InChI=1S/C15H13N3O3S.ClH.Co/c19-12-9-5-4-8-11(12)14(21)17-18-15(22)16-13(20)10-6-2-1-3-7-10;;/h1-9,19H,(H,17,21)(H2,16,18,20,22);1H;/q;;+2/p-2. The number of amidine groups is 1. The van der Waals surface area contributed by atoms with Crippen LogP contribution in [0, 0.1) is 0 Å². The van der Waals surface area contributed by atoms with E-state index in [1.54, 1.807) is 42.5 Å². The molecule has 2 aromatic carbocycles. The van der Waals surface area contributed by atoms with Crippen molar-refractivity contribution in [1.82, 2.24) is 10.7 Å². The number of carbonyl (C=O) groups excluding carboxylic acids is 2. The third kappa shape index (κ3) is 6.17. The van der Waals surface area contributed by atoms with Crippen LogP contribution in [-0.4, -0.2) is 22.1 Å². The van der Waals surface area contributed by atoms with Crippen molar-refractivity contribution >= 4 is 39.8 Å². The van der Waals surface area contributed by atoms with Crippen molar-refractivity contribution in [3.05, 3.63) is 65.7 Å². The zero-order chi connectivity index (χ0) is 17.9. The summed E-state index contributed by atoms with van der Waals surface area (Å²) in [6.07, 6.45) is 0. The number of halogens is 1. The molecule has 0 aromatic heterocycles. The van der Waals surface area contributed by atoms with Gasteiger partial charge < -0.3 is 23.1 Å². The molecule has 0 saturated carbocycles. The van der Waals surface area contributed by atoms with Crippen LogP contribution in [-0.2, 0) is 27.5 Å². The summed E-state index contributed by atoms with van der Waals surface area (Å²) in [6, 6.07) is 14.5. The quantitative estimate of drug-likeness (QED) is 0.314. The second-order valence-electron chi connectivity index (χ2n) is 4.20. The Bertz CT molecular complexity index is 729. The number of aromatic hydroxyl groups is 1. The molecular formula is C15H12ClCoN3O3S. The number of rotatable bonds is 3. The van der Waals surface area contributed by atoms with E-state index in [2.05, 4.69) is 40.8 Å². The molecule has 0 aliphatic heterocycles. The van der Waals surface area contributed by atoms with E-state index >= 15 is 0 Å². The topological polar surface area (TPSA) is 90.8 Å². The number of hydrazone groups is 1. The van der Waals surface area contributed by atoms with Crippen molar-refractivity contribution in [1.29, 1.82) is 0 Å². The number of phenolic OH excluding ortho intramolecular Hbond substituents is 1. The molecular weight excluding hydrogens is 397 g/mol. The van der Waals surface area contributed by atoms with Crippen molar-refractivity contribution in [3.63, 3.8) is 0 Å². The van der Waals surface area contributed by atoms with Crippen LogP contribution in [0.25, 0.3) is 0 Å². The molecule has 0 saturated heterocycles. The van der Waals surface area contributed by atoms with Gasteiger partial charge in [-0.25, -0.2) is 5.43 Å². The van der Waals surface area contributed by atoms with Gasteiger partial charge in [-0.15, -0.1) is 0 Å². The van der Waals surface area contributed by atoms with Crippen LogP contribution in [0.5, 0.6) is 5.75 Å². The van der Waals surface area contributed by atoms with Crippen LogP contribution in [0.15, 0.2) is 59.7 Å². The number of nitrogens with one attached hydrogen (secondary N) is 2. The molecule has 127 valence electrons. The molecule has 0 fully saturated rings. The van der Waals surface area contributed by atoms with Gasteiger partial charge in [0.15, 0.2) is 0 Å². The molecule has 3 N–H and O–H groups in total. The number of hydrogen-bond acceptors (Lipinski definition) is 5. The van der Waals surface area contributed by atoms with Crippen molar-refractivity contribution in [3.8, 4) is 5.75 Å². The third-order valence-electron chi connectivity index (χ3n) is 2.66. The van der Waals surface area contributed by atoms with Gasteiger partial charge in [0.25, 0.3) is 11.8 Å². The minimum absolute atomic E-state index is 0.0587. The maximum absolute atomic E-state index is 11.8. The normalized spacial score (nSPS) is 10.2. The maximum atomic E-state index is 11.8. The van der Waals surface area contributed by atoms with Gasteiger partial charge in [-0.2, -0.15) is 5.10 Å². The van der Waals surface area contributed by atoms with E-state index in [-0.39, 0.29) is 16.5 Å². The Balaban J connectivity index is 0.00000139. The Kier molecular flexibility index (Phi) is 8.80. The average molecular weight is 409 g/mol. The van der Waals surface area contributed by atoms with Crippen LogP contribution >= 0.6 is 10.1 Å². The van der Waals surface area contributed by atoms with Crippen LogP contribution < -0.4 is 10.7 Å². The SMILES string of the molecule is O=C(N/C([S-])=N/NC(=O)c1ccccc1O)c1ccccc1.[Cl][Co+]. The van der Waals surface area contributed by atoms with Crippen LogP contribution in [0.1, 0.15) is 20.7 Å². The van der Waals surface area contributed by atoms with Gasteiger partial charge in [0.1, 0.15) is 5.75 Å². The Hall–Kier alpha value is -2.13. The second kappa shape index (κ2) is 10.6. The summed E-state index contributed by atoms with van der Waals surface area (Å²) >= 11 is 7.89. The summed E-state index contributed by atoms with van der Waals surface area (Å²) in [6.45, 7) is 0. The zero-order valence-electron chi connectivity index (χ0n) is 12.0. The first-order valence-electron chi connectivity index (χ1n) is 6.40. The average Bonchev–Trinajstić information content (AvgIpc) is 2.62. The number of hydrogen-bond donors (Lipinski definition) is 3. The Morgan fingerprint density at radius 1 is 1.00 bits per heavy atom. The van der Waals surface area contributed by atoms with Crippen molar-refractivity contribution in [2.75, 3.05) is 0 Å². The summed E-state index contributed by atoms with van der Waals surface area (Å²) in [7, 11) is 4.33. The van der Waals surface area contributed by atoms with Gasteiger partial charge in [-0.3, -0.25) is 9.59 Å². The summed E-state index contributed by atoms with van der Waals surface area (Å²) in [5.74, 6) is -1.23. The molecule has 0 heterocycles. The molecule has 0 radical (unpaired) electrons. The predicted molar refractivity (Wildman–Crippen MR) is 90.1 cm³/mol. The van der Waals surface area contributed by atoms with E-state index in [0.717, 1.165) is 0 Å². The van der Waals surface area contributed by atoms with E-state index in [1.165, 1.54) is 12.1 Å². The van der Waals surface area contributed by atoms with Crippen molar-refractivity contribution in [2.24, 2.45) is 5.10 Å². The second-order valence-corrected chi connectivity index (χ2v) is 4.58. The number of nitrogens with zero attached hydrogens (tertiary/aromatic N) is 1. The first-order valence-corrected chi connectivity index (χ1v) is 8.24. The van der Waals surface area contributed by atoms with Gasteiger partial charge >= 0.3 is 25.0 Å². The van der Waals surface area contributed by atoms with Gasteiger partial charge in [0.05, 0.1) is 5.56 Å². The molecule has 2 amide bonds. The molecule has 9 heteroatoms. The summed E-state index contributed by atoms with van der Waals surface area (Å²) in [4.78, 5) is 23.6. The van der Waals surface area contributed by atoms with E-state index in [0.29, 0.717) is 5.56 Å². The van der Waals surface area contributed by atoms with Crippen molar-refractivity contribution < 1.29 is 29.5 Å². The summed E-state index contributed by atoms with van der Waals surface area (Å²) in [5, 5.41) is 15.3. The van der Waals surface area contributed by atoms with Gasteiger partial charge in [-0.05, 0) is 24.3 Å². The number of para-hydroxylation sites is 1. The number of phenols is 1. The Labute approximate surface area is 156 Å². The van der Waals surface area contributed by atoms with Crippen LogP contribution in [0.3, 0.4) is 0 Å². The third-order valence-corrected chi connectivity index (χ3v) is 2.86. The summed E-state index contributed by atoms with van der Waals surface area (Å²) < 4.78 is 0.